The Kier molecular flexibility index (Phi) is 3.07. The molecule has 0 bridgehead atoms. The number of hydrogen-bond donors (Lipinski definition) is 0. The van der Waals surface area contributed by atoms with E-state index in [-0.39, 0.29) is 10.6 Å². The lowest BCUT2D eigenvalue weighted by molar-refractivity contribution is 0.0995. The summed E-state index contributed by atoms with van der Waals surface area (Å²) in [6.07, 6.45) is 0. The van der Waals surface area contributed by atoms with Gasteiger partial charge in [-0.2, -0.15) is 0 Å². The summed E-state index contributed by atoms with van der Waals surface area (Å²) < 4.78 is 0. The van der Waals surface area contributed by atoms with Gasteiger partial charge in [0, 0.05) is 15.3 Å². The van der Waals surface area contributed by atoms with Gasteiger partial charge in [0.1, 0.15) is 0 Å². The van der Waals surface area contributed by atoms with Gasteiger partial charge in [0.15, 0.2) is 5.78 Å². The summed E-state index contributed by atoms with van der Waals surface area (Å²) in [5.74, 6) is 0.178. The standard InChI is InChI=1S/C9H11BrOS/c1-5-4-8(7(3)12-5)9(11)6(2)10/h4,6H,1-3H3. The van der Waals surface area contributed by atoms with Crippen molar-refractivity contribution in [2.45, 2.75) is 25.6 Å². The average molecular weight is 247 g/mol. The molecule has 0 N–H and O–H groups in total. The molecule has 0 aliphatic rings. The van der Waals surface area contributed by atoms with Gasteiger partial charge in [-0.25, -0.2) is 0 Å². The van der Waals surface area contributed by atoms with Crippen LogP contribution in [-0.4, -0.2) is 10.6 Å². The number of carbonyl (C=O) groups excluding carboxylic acids is 1. The zero-order chi connectivity index (χ0) is 9.30. The highest BCUT2D eigenvalue weighted by Crippen LogP contribution is 2.23. The quantitative estimate of drug-likeness (QED) is 0.578. The van der Waals surface area contributed by atoms with Gasteiger partial charge in [-0.1, -0.05) is 15.9 Å². The average Bonchev–Trinajstić information content (AvgIpc) is 2.28. The van der Waals surface area contributed by atoms with Crippen molar-refractivity contribution >= 4 is 33.0 Å². The van der Waals surface area contributed by atoms with Crippen molar-refractivity contribution in [2.24, 2.45) is 0 Å². The topological polar surface area (TPSA) is 17.1 Å². The maximum Gasteiger partial charge on any atom is 0.177 e. The molecule has 0 saturated carbocycles. The van der Waals surface area contributed by atoms with Gasteiger partial charge < -0.3 is 0 Å². The molecular formula is C9H11BrOS. The van der Waals surface area contributed by atoms with Crippen LogP contribution in [0.3, 0.4) is 0 Å². The molecule has 66 valence electrons. The van der Waals surface area contributed by atoms with Crippen LogP contribution in [0.5, 0.6) is 0 Å². The first-order valence-electron chi connectivity index (χ1n) is 3.77. The van der Waals surface area contributed by atoms with Gasteiger partial charge in [-0.05, 0) is 26.8 Å². The van der Waals surface area contributed by atoms with E-state index in [4.69, 9.17) is 0 Å². The molecule has 1 aromatic rings. The van der Waals surface area contributed by atoms with Crippen LogP contribution in [0.15, 0.2) is 6.07 Å². The number of rotatable bonds is 2. The Bertz CT molecular complexity index is 301. The minimum absolute atomic E-state index is 0.0785. The van der Waals surface area contributed by atoms with Crippen LogP contribution >= 0.6 is 27.3 Å². The molecule has 0 aliphatic heterocycles. The maximum absolute atomic E-state index is 11.5. The molecule has 0 aromatic carbocycles. The number of halogens is 1. The number of hydrogen-bond acceptors (Lipinski definition) is 2. The number of alkyl halides is 1. The van der Waals surface area contributed by atoms with Crippen LogP contribution in [0, 0.1) is 13.8 Å². The molecular weight excluding hydrogens is 236 g/mol. The Labute approximate surface area is 84.9 Å². The lowest BCUT2D eigenvalue weighted by Gasteiger charge is -1.99. The number of ketones is 1. The van der Waals surface area contributed by atoms with E-state index in [2.05, 4.69) is 15.9 Å². The Hall–Kier alpha value is -0.150. The van der Waals surface area contributed by atoms with Crippen LogP contribution in [0.4, 0.5) is 0 Å². The van der Waals surface area contributed by atoms with Crippen molar-refractivity contribution in [2.75, 3.05) is 0 Å². The zero-order valence-corrected chi connectivity index (χ0v) is 9.75. The first-order chi connectivity index (χ1) is 5.52. The normalized spacial score (nSPS) is 13.0. The second-order valence-electron chi connectivity index (χ2n) is 2.81. The van der Waals surface area contributed by atoms with E-state index in [1.807, 2.05) is 26.8 Å². The summed E-state index contributed by atoms with van der Waals surface area (Å²) in [7, 11) is 0. The van der Waals surface area contributed by atoms with Gasteiger partial charge in [-0.3, -0.25) is 4.79 Å². The molecule has 3 heteroatoms. The third-order valence-corrected chi connectivity index (χ3v) is 3.05. The minimum Gasteiger partial charge on any atom is -0.293 e. The van der Waals surface area contributed by atoms with Crippen molar-refractivity contribution < 1.29 is 4.79 Å². The van der Waals surface area contributed by atoms with Gasteiger partial charge in [-0.15, -0.1) is 11.3 Å². The van der Waals surface area contributed by atoms with E-state index in [1.165, 1.54) is 4.88 Å². The van der Waals surface area contributed by atoms with E-state index in [1.54, 1.807) is 11.3 Å². The highest BCUT2D eigenvalue weighted by atomic mass is 79.9. The van der Waals surface area contributed by atoms with Crippen LogP contribution < -0.4 is 0 Å². The first kappa shape index (κ1) is 9.93. The fourth-order valence-corrected chi connectivity index (χ4v) is 2.27. The SMILES string of the molecule is Cc1cc(C(=O)C(C)Br)c(C)s1. The Morgan fingerprint density at radius 3 is 2.50 bits per heavy atom. The number of aryl methyl sites for hydroxylation is 2. The van der Waals surface area contributed by atoms with E-state index in [0.29, 0.717) is 0 Å². The van der Waals surface area contributed by atoms with Crippen molar-refractivity contribution in [1.29, 1.82) is 0 Å². The number of thiophene rings is 1. The largest absolute Gasteiger partial charge is 0.293 e. The van der Waals surface area contributed by atoms with E-state index >= 15 is 0 Å². The van der Waals surface area contributed by atoms with E-state index in [0.717, 1.165) is 10.4 Å². The van der Waals surface area contributed by atoms with E-state index in [9.17, 15) is 4.79 Å². The molecule has 1 heterocycles. The summed E-state index contributed by atoms with van der Waals surface area (Å²) in [6, 6.07) is 1.96. The van der Waals surface area contributed by atoms with Gasteiger partial charge >= 0.3 is 0 Å². The van der Waals surface area contributed by atoms with E-state index < -0.39 is 0 Å². The third-order valence-electron chi connectivity index (χ3n) is 1.67. The Morgan fingerprint density at radius 1 is 1.58 bits per heavy atom. The van der Waals surface area contributed by atoms with Crippen LogP contribution in [-0.2, 0) is 0 Å². The first-order valence-corrected chi connectivity index (χ1v) is 5.51. The summed E-state index contributed by atoms with van der Waals surface area (Å²) in [5.41, 5.74) is 0.863. The second kappa shape index (κ2) is 3.71. The summed E-state index contributed by atoms with van der Waals surface area (Å²) in [4.78, 5) is 13.8. The molecule has 0 aliphatic carbocycles. The van der Waals surface area contributed by atoms with Gasteiger partial charge in [0.2, 0.25) is 0 Å². The molecule has 12 heavy (non-hydrogen) atoms. The van der Waals surface area contributed by atoms with Gasteiger partial charge in [0.05, 0.1) is 4.83 Å². The molecule has 0 radical (unpaired) electrons. The highest BCUT2D eigenvalue weighted by molar-refractivity contribution is 9.10. The Morgan fingerprint density at radius 2 is 2.17 bits per heavy atom. The molecule has 0 saturated heterocycles. The van der Waals surface area contributed by atoms with Crippen molar-refractivity contribution in [3.05, 3.63) is 21.4 Å². The molecule has 1 rings (SSSR count). The van der Waals surface area contributed by atoms with Crippen LogP contribution in [0.2, 0.25) is 0 Å². The van der Waals surface area contributed by atoms with Crippen molar-refractivity contribution in [3.63, 3.8) is 0 Å². The molecule has 0 amide bonds. The molecule has 0 fully saturated rings. The third kappa shape index (κ3) is 1.96. The highest BCUT2D eigenvalue weighted by Gasteiger charge is 2.15. The summed E-state index contributed by atoms with van der Waals surface area (Å²) >= 11 is 4.95. The molecule has 1 atom stereocenters. The zero-order valence-electron chi connectivity index (χ0n) is 7.35. The fourth-order valence-electron chi connectivity index (χ4n) is 1.09. The predicted octanol–water partition coefficient (Wildman–Crippen LogP) is 3.33. The number of Topliss-reactive ketones (excluding diaryl/α,β-unsaturated/α-hetero) is 1. The van der Waals surface area contributed by atoms with Crippen molar-refractivity contribution in [1.82, 2.24) is 0 Å². The molecule has 0 spiro atoms. The van der Waals surface area contributed by atoms with Gasteiger partial charge in [0.25, 0.3) is 0 Å². The second-order valence-corrected chi connectivity index (χ2v) is 5.64. The molecule has 1 unspecified atom stereocenters. The predicted molar refractivity (Wildman–Crippen MR) is 56.5 cm³/mol. The molecule has 1 nitrogen and oxygen atoms in total. The smallest absolute Gasteiger partial charge is 0.177 e. The summed E-state index contributed by atoms with van der Waals surface area (Å²) in [6.45, 7) is 5.86. The number of carbonyl (C=O) groups is 1. The molecule has 1 aromatic heterocycles. The lowest BCUT2D eigenvalue weighted by Crippen LogP contribution is -2.09. The maximum atomic E-state index is 11.5. The van der Waals surface area contributed by atoms with Crippen molar-refractivity contribution in [3.8, 4) is 0 Å². The monoisotopic (exact) mass is 246 g/mol. The summed E-state index contributed by atoms with van der Waals surface area (Å²) in [5, 5.41) is 0. The van der Waals surface area contributed by atoms with Crippen LogP contribution in [0.1, 0.15) is 27.0 Å². The Balaban J connectivity index is 3.02. The lowest BCUT2D eigenvalue weighted by atomic mass is 10.1. The van der Waals surface area contributed by atoms with Crippen LogP contribution in [0.25, 0.3) is 0 Å². The fraction of sp³-hybridized carbons (Fsp3) is 0.444. The minimum atomic E-state index is -0.0785.